The first-order valence-electron chi connectivity index (χ1n) is 23.6. The second-order valence-electron chi connectivity index (χ2n) is 18.2. The van der Waals surface area contributed by atoms with Crippen LogP contribution in [0, 0.1) is 23.2 Å². The fourth-order valence-corrected chi connectivity index (χ4v) is 5.43. The lowest BCUT2D eigenvalue weighted by Gasteiger charge is -2.20. The van der Waals surface area contributed by atoms with Gasteiger partial charge in [0.25, 0.3) is 0 Å². The molecule has 0 spiro atoms. The molecule has 0 unspecified atom stereocenters. The number of rotatable bonds is 21. The van der Waals surface area contributed by atoms with Crippen LogP contribution in [-0.4, -0.2) is 75.5 Å². The van der Waals surface area contributed by atoms with Crippen LogP contribution in [0.4, 0.5) is 13.2 Å². The molecule has 15 heteroatoms. The number of aryl methyl sites for hydroxylation is 1. The normalized spacial score (nSPS) is 11.8. The maximum absolute atomic E-state index is 12.4. The van der Waals surface area contributed by atoms with E-state index in [0.717, 1.165) is 45.7 Å². The fraction of sp³-hybridized carbons (Fsp3) is 0.404. The van der Waals surface area contributed by atoms with Gasteiger partial charge in [-0.05, 0) is 131 Å². The number of hydrogen-bond donors (Lipinski definition) is 0. The van der Waals surface area contributed by atoms with Crippen molar-refractivity contribution in [3.05, 3.63) is 137 Å². The Morgan fingerprint density at radius 2 is 0.806 bits per heavy atom. The maximum atomic E-state index is 12.4. The van der Waals surface area contributed by atoms with E-state index in [-0.39, 0.29) is 57.5 Å². The smallest absolute Gasteiger partial charge is 0.416 e. The van der Waals surface area contributed by atoms with Gasteiger partial charge in [0.05, 0.1) is 21.8 Å². The summed E-state index contributed by atoms with van der Waals surface area (Å²) in [5.74, 6) is -2.51. The van der Waals surface area contributed by atoms with Gasteiger partial charge in [-0.25, -0.2) is 14.4 Å². The SMILES string of the molecule is CCC(C)(C)C(=O)OCCOC(=O)/C=C/c1ccc(C(F)(F)F)cc1.CCC(C)(C)C(=O)OCCOC(=O)/C=C/c1cccc2ccccc12.CCC(C)(C)C(=O)OCCOC(=O)/C=C/c1ccccc1C. The van der Waals surface area contributed by atoms with Gasteiger partial charge in [0.1, 0.15) is 39.6 Å². The molecule has 4 aromatic rings. The van der Waals surface area contributed by atoms with Crippen molar-refractivity contribution in [2.45, 2.75) is 94.7 Å². The lowest BCUT2D eigenvalue weighted by atomic mass is 9.91. The molecule has 0 N–H and O–H groups in total. The van der Waals surface area contributed by atoms with Crippen LogP contribution in [0.1, 0.15) is 109 Å². The number of carbonyl (C=O) groups excluding carboxylic acids is 6. The Balaban J connectivity index is 0.000000371. The molecule has 0 aliphatic heterocycles. The molecule has 390 valence electrons. The lowest BCUT2D eigenvalue weighted by Crippen LogP contribution is -2.27. The molecule has 72 heavy (non-hydrogen) atoms. The average Bonchev–Trinajstić information content (AvgIpc) is 3.36. The van der Waals surface area contributed by atoms with E-state index in [9.17, 15) is 41.9 Å². The first-order valence-corrected chi connectivity index (χ1v) is 23.6. The molecular weight excluding hydrogens is 934 g/mol. The summed E-state index contributed by atoms with van der Waals surface area (Å²) in [5, 5.41) is 2.19. The Bertz CT molecular complexity index is 2480. The molecule has 4 rings (SSSR count). The predicted octanol–water partition coefficient (Wildman–Crippen LogP) is 12.1. The maximum Gasteiger partial charge on any atom is 0.416 e. The molecule has 0 atom stereocenters. The largest absolute Gasteiger partial charge is 0.462 e. The van der Waals surface area contributed by atoms with Gasteiger partial charge in [0.15, 0.2) is 0 Å². The number of ether oxygens (including phenoxy) is 6. The molecule has 12 nitrogen and oxygen atoms in total. The molecule has 0 aromatic heterocycles. The average molecular weight is 1000 g/mol. The zero-order valence-corrected chi connectivity index (χ0v) is 43.0. The Morgan fingerprint density at radius 1 is 0.444 bits per heavy atom. The van der Waals surface area contributed by atoms with E-state index in [1.807, 2.05) is 122 Å². The lowest BCUT2D eigenvalue weighted by molar-refractivity contribution is -0.158. The number of fused-ring (bicyclic) bond motifs is 1. The van der Waals surface area contributed by atoms with E-state index in [2.05, 4.69) is 0 Å². The number of hydrogen-bond acceptors (Lipinski definition) is 12. The molecule has 0 heterocycles. The first kappa shape index (κ1) is 61.1. The Labute approximate surface area is 421 Å². The van der Waals surface area contributed by atoms with Crippen molar-refractivity contribution in [1.82, 2.24) is 0 Å². The van der Waals surface area contributed by atoms with Crippen molar-refractivity contribution in [3.63, 3.8) is 0 Å². The van der Waals surface area contributed by atoms with Crippen LogP contribution in [-0.2, 0) is 63.4 Å². The summed E-state index contributed by atoms with van der Waals surface area (Å²) in [6.07, 6.45) is 6.27. The third-order valence-electron chi connectivity index (χ3n) is 11.5. The third-order valence-corrected chi connectivity index (χ3v) is 11.5. The third kappa shape index (κ3) is 22.4. The van der Waals surface area contributed by atoms with Crippen LogP contribution in [0.2, 0.25) is 0 Å². The van der Waals surface area contributed by atoms with Crippen molar-refractivity contribution >= 4 is 64.8 Å². The highest BCUT2D eigenvalue weighted by atomic mass is 19.4. The van der Waals surface area contributed by atoms with Crippen LogP contribution in [0.15, 0.2) is 109 Å². The van der Waals surface area contributed by atoms with Gasteiger partial charge in [-0.3, -0.25) is 14.4 Å². The molecule has 0 amide bonds. The molecule has 0 bridgehead atoms. The minimum absolute atomic E-state index is 0.0459. The molecule has 0 aliphatic rings. The van der Waals surface area contributed by atoms with Crippen molar-refractivity contribution < 1.29 is 70.4 Å². The number of carbonyl (C=O) groups is 6. The van der Waals surface area contributed by atoms with Gasteiger partial charge in [-0.15, -0.1) is 0 Å². The summed E-state index contributed by atoms with van der Waals surface area (Å²) in [5.41, 5.74) is 1.06. The monoisotopic (exact) mass is 1000 g/mol. The highest BCUT2D eigenvalue weighted by Gasteiger charge is 2.30. The summed E-state index contributed by atoms with van der Waals surface area (Å²) in [6, 6.07) is 26.0. The highest BCUT2D eigenvalue weighted by molar-refractivity contribution is 5.95. The quantitative estimate of drug-likeness (QED) is 0.0337. The van der Waals surface area contributed by atoms with Crippen LogP contribution in [0.5, 0.6) is 0 Å². The standard InChI is InChI=1S/C21H24O4.C18H21F3O4.C18H24O4/c1-4-21(2,3)20(23)25-15-14-24-19(22)13-12-17-10-7-9-16-8-5-6-11-18(16)17;1-4-17(2,3)16(23)25-12-11-24-15(22)10-7-13-5-8-14(9-6-13)18(19,20)21;1-5-18(3,4)17(20)22-13-12-21-16(19)11-10-15-9-7-6-8-14(15)2/h5-13H,4,14-15H2,1-3H3;5-10H,4,11-12H2,1-3H3;6-11H,5,12-13H2,1-4H3/b13-12+;10-7+;11-10+. The van der Waals surface area contributed by atoms with Gasteiger partial charge < -0.3 is 28.4 Å². The summed E-state index contributed by atoms with van der Waals surface area (Å²) in [6.45, 7) is 18.6. The summed E-state index contributed by atoms with van der Waals surface area (Å²) >= 11 is 0. The van der Waals surface area contributed by atoms with Crippen molar-refractivity contribution in [3.8, 4) is 0 Å². The zero-order chi connectivity index (χ0) is 54.0. The molecule has 0 aliphatic carbocycles. The Kier molecular flexibility index (Phi) is 25.4. The summed E-state index contributed by atoms with van der Waals surface area (Å²) in [7, 11) is 0. The molecule has 0 radical (unpaired) electrons. The number of benzene rings is 4. The van der Waals surface area contributed by atoms with E-state index < -0.39 is 45.9 Å². The molecule has 0 fully saturated rings. The van der Waals surface area contributed by atoms with Gasteiger partial charge in [-0.1, -0.05) is 99.6 Å². The van der Waals surface area contributed by atoms with E-state index in [1.54, 1.807) is 26.0 Å². The zero-order valence-electron chi connectivity index (χ0n) is 43.0. The minimum Gasteiger partial charge on any atom is -0.462 e. The summed E-state index contributed by atoms with van der Waals surface area (Å²) in [4.78, 5) is 70.1. The van der Waals surface area contributed by atoms with Crippen molar-refractivity contribution in [1.29, 1.82) is 0 Å². The van der Waals surface area contributed by atoms with Gasteiger partial charge in [0.2, 0.25) is 0 Å². The van der Waals surface area contributed by atoms with Gasteiger partial charge >= 0.3 is 42.0 Å². The summed E-state index contributed by atoms with van der Waals surface area (Å²) < 4.78 is 67.4. The molecule has 4 aromatic carbocycles. The number of halogens is 3. The van der Waals surface area contributed by atoms with E-state index >= 15 is 0 Å². The Hall–Kier alpha value is -7.03. The van der Waals surface area contributed by atoms with E-state index in [0.29, 0.717) is 24.8 Å². The molecule has 0 saturated heterocycles. The second-order valence-corrected chi connectivity index (χ2v) is 18.2. The van der Waals surface area contributed by atoms with E-state index in [4.69, 9.17) is 28.4 Å². The molecule has 0 saturated carbocycles. The Morgan fingerprint density at radius 3 is 1.24 bits per heavy atom. The van der Waals surface area contributed by atoms with Gasteiger partial charge in [-0.2, -0.15) is 13.2 Å². The van der Waals surface area contributed by atoms with Crippen LogP contribution < -0.4 is 0 Å². The van der Waals surface area contributed by atoms with E-state index in [1.165, 1.54) is 30.4 Å². The van der Waals surface area contributed by atoms with Crippen LogP contribution in [0.25, 0.3) is 29.0 Å². The number of alkyl halides is 3. The van der Waals surface area contributed by atoms with Crippen molar-refractivity contribution in [2.75, 3.05) is 39.6 Å². The second kappa shape index (κ2) is 30.0. The van der Waals surface area contributed by atoms with Crippen LogP contribution >= 0.6 is 0 Å². The minimum atomic E-state index is -4.40. The topological polar surface area (TPSA) is 158 Å². The van der Waals surface area contributed by atoms with Crippen molar-refractivity contribution in [2.24, 2.45) is 16.2 Å². The first-order chi connectivity index (χ1) is 33.9. The van der Waals surface area contributed by atoms with Crippen LogP contribution in [0.3, 0.4) is 0 Å². The number of esters is 6. The predicted molar refractivity (Wildman–Crippen MR) is 272 cm³/mol. The van der Waals surface area contributed by atoms with Gasteiger partial charge in [0, 0.05) is 18.2 Å². The highest BCUT2D eigenvalue weighted by Crippen LogP contribution is 2.29. The molecular formula is C57H69F3O12. The fourth-order valence-electron chi connectivity index (χ4n) is 5.43.